The molecule has 1 aliphatic carbocycles. The Kier molecular flexibility index (Phi) is 4.09. The van der Waals surface area contributed by atoms with Crippen LogP contribution < -0.4 is 0 Å². The number of ether oxygens (including phenoxy) is 1. The average molecular weight is 325 g/mol. The molecule has 4 rings (SSSR count). The number of fused-ring (bicyclic) bond motifs is 2. The van der Waals surface area contributed by atoms with Crippen LogP contribution in [-0.2, 0) is 9.53 Å². The van der Waals surface area contributed by atoms with Crippen LogP contribution in [0.15, 0.2) is 41.5 Å². The lowest BCUT2D eigenvalue weighted by molar-refractivity contribution is -0.119. The number of piperidine rings is 1. The minimum atomic E-state index is 0.127. The molecule has 0 N–H and O–H groups in total. The van der Waals surface area contributed by atoms with Gasteiger partial charge in [0.15, 0.2) is 5.78 Å². The number of carbonyl (C=O) groups is 1. The Morgan fingerprint density at radius 2 is 2.04 bits per heavy atom. The second-order valence-corrected chi connectivity index (χ2v) is 7.81. The molecule has 2 fully saturated rings. The van der Waals surface area contributed by atoms with Crippen LogP contribution in [0.4, 0.5) is 0 Å². The number of rotatable bonds is 2. The summed E-state index contributed by atoms with van der Waals surface area (Å²) in [7, 11) is 0. The van der Waals surface area contributed by atoms with Crippen molar-refractivity contribution in [3.8, 4) is 0 Å². The number of carbonyl (C=O) groups excluding carboxylic acids is 1. The van der Waals surface area contributed by atoms with Gasteiger partial charge in [0.25, 0.3) is 0 Å². The molecule has 0 saturated carbocycles. The van der Waals surface area contributed by atoms with Crippen molar-refractivity contribution in [2.45, 2.75) is 58.2 Å². The van der Waals surface area contributed by atoms with Crippen molar-refractivity contribution in [1.29, 1.82) is 0 Å². The van der Waals surface area contributed by atoms with Gasteiger partial charge in [0.1, 0.15) is 6.23 Å². The van der Waals surface area contributed by atoms with Crippen molar-refractivity contribution >= 4 is 5.78 Å². The largest absolute Gasteiger partial charge is 0.361 e. The summed E-state index contributed by atoms with van der Waals surface area (Å²) in [5, 5.41) is 0. The van der Waals surface area contributed by atoms with Crippen LogP contribution in [0.5, 0.6) is 0 Å². The Labute approximate surface area is 144 Å². The molecular weight excluding hydrogens is 298 g/mol. The van der Waals surface area contributed by atoms with Gasteiger partial charge in [-0.1, -0.05) is 35.9 Å². The lowest BCUT2D eigenvalue weighted by Gasteiger charge is -2.49. The third-order valence-electron chi connectivity index (χ3n) is 6.38. The van der Waals surface area contributed by atoms with E-state index in [0.29, 0.717) is 6.04 Å². The molecular formula is C21H27NO2. The second-order valence-electron chi connectivity index (χ2n) is 7.81. The summed E-state index contributed by atoms with van der Waals surface area (Å²) in [5.74, 6) is 0.251. The van der Waals surface area contributed by atoms with Crippen molar-refractivity contribution in [2.75, 3.05) is 13.2 Å². The summed E-state index contributed by atoms with van der Waals surface area (Å²) >= 11 is 0. The summed E-state index contributed by atoms with van der Waals surface area (Å²) in [6.45, 7) is 5.73. The lowest BCUT2D eigenvalue weighted by Crippen LogP contribution is -2.51. The van der Waals surface area contributed by atoms with Crippen molar-refractivity contribution in [3.63, 3.8) is 0 Å². The van der Waals surface area contributed by atoms with E-state index in [1.165, 1.54) is 24.0 Å². The SMILES string of the molecule is CC(=O)C1=C(C)CC[C@@]2(CCCN3[C@H](c4ccccc4)CO[C@@H]32)C1. The molecule has 0 unspecified atom stereocenters. The van der Waals surface area contributed by atoms with E-state index in [4.69, 9.17) is 4.74 Å². The van der Waals surface area contributed by atoms with Crippen LogP contribution in [0.1, 0.15) is 57.6 Å². The van der Waals surface area contributed by atoms with Crippen LogP contribution in [0.25, 0.3) is 0 Å². The standard InChI is InChI=1S/C21H27NO2/c1-15-9-11-21(13-18(15)16(2)23)10-6-12-22-19(14-24-20(21)22)17-7-4-3-5-8-17/h3-5,7-8,19-20H,6,9-14H2,1-2H3/t19-,20+,21-/m0/s1. The number of hydrogen-bond acceptors (Lipinski definition) is 3. The average Bonchev–Trinajstić information content (AvgIpc) is 3.03. The first-order valence-corrected chi connectivity index (χ1v) is 9.23. The van der Waals surface area contributed by atoms with Gasteiger partial charge in [0.2, 0.25) is 0 Å². The second kappa shape index (κ2) is 6.12. The quantitative estimate of drug-likeness (QED) is 0.814. The minimum Gasteiger partial charge on any atom is -0.361 e. The Hall–Kier alpha value is -1.45. The zero-order chi connectivity index (χ0) is 16.7. The molecule has 0 radical (unpaired) electrons. The van der Waals surface area contributed by atoms with E-state index in [1.54, 1.807) is 6.92 Å². The van der Waals surface area contributed by atoms with Crippen molar-refractivity contribution in [1.82, 2.24) is 4.90 Å². The smallest absolute Gasteiger partial charge is 0.155 e. The number of Topliss-reactive ketones (excluding diaryl/α,β-unsaturated/α-hetero) is 1. The van der Waals surface area contributed by atoms with Gasteiger partial charge in [0, 0.05) is 12.0 Å². The Morgan fingerprint density at radius 3 is 2.79 bits per heavy atom. The van der Waals surface area contributed by atoms with Gasteiger partial charge in [-0.3, -0.25) is 9.69 Å². The normalized spacial score (nSPS) is 33.8. The number of ketones is 1. The lowest BCUT2D eigenvalue weighted by atomic mass is 9.65. The molecule has 128 valence electrons. The topological polar surface area (TPSA) is 29.5 Å². The fourth-order valence-corrected chi connectivity index (χ4v) is 5.07. The van der Waals surface area contributed by atoms with E-state index in [0.717, 1.165) is 38.0 Å². The van der Waals surface area contributed by atoms with Crippen LogP contribution in [0.3, 0.4) is 0 Å². The molecule has 3 atom stereocenters. The highest BCUT2D eigenvalue weighted by atomic mass is 16.5. The molecule has 1 spiro atoms. The van der Waals surface area contributed by atoms with Crippen LogP contribution in [0, 0.1) is 5.41 Å². The first kappa shape index (κ1) is 16.0. The minimum absolute atomic E-state index is 0.127. The maximum atomic E-state index is 12.1. The monoisotopic (exact) mass is 325 g/mol. The van der Waals surface area contributed by atoms with E-state index in [2.05, 4.69) is 42.2 Å². The maximum Gasteiger partial charge on any atom is 0.155 e. The number of nitrogens with zero attached hydrogens (tertiary/aromatic N) is 1. The Balaban J connectivity index is 1.63. The molecule has 3 aliphatic rings. The van der Waals surface area contributed by atoms with Gasteiger partial charge in [-0.25, -0.2) is 0 Å². The molecule has 2 saturated heterocycles. The highest BCUT2D eigenvalue weighted by Gasteiger charge is 2.52. The zero-order valence-corrected chi connectivity index (χ0v) is 14.8. The van der Waals surface area contributed by atoms with Gasteiger partial charge in [0.05, 0.1) is 12.6 Å². The van der Waals surface area contributed by atoms with Gasteiger partial charge < -0.3 is 4.74 Å². The maximum absolute atomic E-state index is 12.1. The summed E-state index contributed by atoms with van der Waals surface area (Å²) in [6, 6.07) is 11.1. The van der Waals surface area contributed by atoms with Gasteiger partial charge >= 0.3 is 0 Å². The molecule has 0 bridgehead atoms. The third-order valence-corrected chi connectivity index (χ3v) is 6.38. The number of hydrogen-bond donors (Lipinski definition) is 0. The Morgan fingerprint density at radius 1 is 1.25 bits per heavy atom. The molecule has 0 amide bonds. The van der Waals surface area contributed by atoms with E-state index in [-0.39, 0.29) is 17.4 Å². The molecule has 24 heavy (non-hydrogen) atoms. The summed E-state index contributed by atoms with van der Waals surface area (Å²) in [4.78, 5) is 14.7. The molecule has 2 heterocycles. The number of benzene rings is 1. The predicted molar refractivity (Wildman–Crippen MR) is 94.5 cm³/mol. The molecule has 3 heteroatoms. The van der Waals surface area contributed by atoms with Gasteiger partial charge in [-0.2, -0.15) is 0 Å². The molecule has 1 aromatic carbocycles. The Bertz CT molecular complexity index is 666. The van der Waals surface area contributed by atoms with Crippen molar-refractivity contribution in [3.05, 3.63) is 47.0 Å². The first-order valence-electron chi connectivity index (χ1n) is 9.23. The van der Waals surface area contributed by atoms with E-state index >= 15 is 0 Å². The van der Waals surface area contributed by atoms with Crippen LogP contribution in [0.2, 0.25) is 0 Å². The molecule has 0 aromatic heterocycles. The fourth-order valence-electron chi connectivity index (χ4n) is 5.07. The summed E-state index contributed by atoms with van der Waals surface area (Å²) in [6.07, 6.45) is 5.64. The van der Waals surface area contributed by atoms with Crippen LogP contribution in [-0.4, -0.2) is 30.1 Å². The zero-order valence-electron chi connectivity index (χ0n) is 14.8. The predicted octanol–water partition coefficient (Wildman–Crippen LogP) is 4.26. The summed E-state index contributed by atoms with van der Waals surface area (Å²) < 4.78 is 6.37. The molecule has 1 aromatic rings. The van der Waals surface area contributed by atoms with E-state index < -0.39 is 0 Å². The van der Waals surface area contributed by atoms with Gasteiger partial charge in [-0.15, -0.1) is 0 Å². The molecule has 2 aliphatic heterocycles. The summed E-state index contributed by atoms with van der Waals surface area (Å²) in [5.41, 5.74) is 3.84. The van der Waals surface area contributed by atoms with Crippen molar-refractivity contribution < 1.29 is 9.53 Å². The van der Waals surface area contributed by atoms with E-state index in [1.807, 2.05) is 0 Å². The van der Waals surface area contributed by atoms with Crippen molar-refractivity contribution in [2.24, 2.45) is 5.41 Å². The van der Waals surface area contributed by atoms with Crippen LogP contribution >= 0.6 is 0 Å². The molecule has 3 nitrogen and oxygen atoms in total. The van der Waals surface area contributed by atoms with E-state index in [9.17, 15) is 4.79 Å². The van der Waals surface area contributed by atoms with Gasteiger partial charge in [-0.05, 0) is 57.1 Å². The first-order chi connectivity index (χ1) is 11.6. The highest BCUT2D eigenvalue weighted by Crippen LogP contribution is 2.53. The number of allylic oxidation sites excluding steroid dienone is 2. The fraction of sp³-hybridized carbons (Fsp3) is 0.571. The third kappa shape index (κ3) is 2.55. The highest BCUT2D eigenvalue weighted by molar-refractivity contribution is 5.94.